The first kappa shape index (κ1) is 19.8. The van der Waals surface area contributed by atoms with Crippen LogP contribution in [0.2, 0.25) is 10.0 Å². The number of anilines is 1. The number of amides is 1. The summed E-state index contributed by atoms with van der Waals surface area (Å²) in [7, 11) is 1.98. The molecule has 2 N–H and O–H groups in total. The van der Waals surface area contributed by atoms with Gasteiger partial charge in [-0.1, -0.05) is 61.3 Å². The molecule has 0 aliphatic heterocycles. The number of aryl methyl sites for hydroxylation is 1. The molecule has 2 aromatic rings. The van der Waals surface area contributed by atoms with Crippen molar-refractivity contribution in [2.45, 2.75) is 33.2 Å². The molecule has 0 fully saturated rings. The molecule has 0 aliphatic carbocycles. The molecule has 2 rings (SSSR count). The number of rotatable bonds is 6. The van der Waals surface area contributed by atoms with Crippen LogP contribution < -0.4 is 10.2 Å². The number of quaternary nitrogens is 1. The Morgan fingerprint density at radius 3 is 2.56 bits per heavy atom. The van der Waals surface area contributed by atoms with E-state index in [-0.39, 0.29) is 5.91 Å². The van der Waals surface area contributed by atoms with Gasteiger partial charge in [0.2, 0.25) is 0 Å². The maximum atomic E-state index is 12.5. The van der Waals surface area contributed by atoms with Gasteiger partial charge in [0.1, 0.15) is 6.54 Å². The SMILES string of the molecule is Cc1cccc(C(C)C)c1NC(=O)C[NH+](C)Cc1ccc(Cl)cc1Cl. The predicted molar refractivity (Wildman–Crippen MR) is 106 cm³/mol. The minimum atomic E-state index is -0.00112. The Kier molecular flexibility index (Phi) is 6.88. The normalized spacial score (nSPS) is 12.3. The van der Waals surface area contributed by atoms with Crippen LogP contribution in [-0.2, 0) is 11.3 Å². The van der Waals surface area contributed by atoms with Gasteiger partial charge in [0.05, 0.1) is 12.1 Å². The first-order valence-electron chi connectivity index (χ1n) is 8.42. The van der Waals surface area contributed by atoms with Crippen molar-refractivity contribution in [1.82, 2.24) is 0 Å². The zero-order valence-corrected chi connectivity index (χ0v) is 16.6. The number of benzene rings is 2. The third-order valence-corrected chi connectivity index (χ3v) is 4.75. The second-order valence-electron chi connectivity index (χ2n) is 6.79. The monoisotopic (exact) mass is 379 g/mol. The van der Waals surface area contributed by atoms with Crippen molar-refractivity contribution in [3.05, 3.63) is 63.1 Å². The summed E-state index contributed by atoms with van der Waals surface area (Å²) in [6.45, 7) is 7.30. The first-order valence-corrected chi connectivity index (χ1v) is 9.18. The molecule has 2 aromatic carbocycles. The molecule has 0 heterocycles. The van der Waals surface area contributed by atoms with Crippen molar-refractivity contribution < 1.29 is 9.69 Å². The summed E-state index contributed by atoms with van der Waals surface area (Å²) in [6.07, 6.45) is 0. The Morgan fingerprint density at radius 1 is 1.20 bits per heavy atom. The molecular formula is C20H25Cl2N2O+. The van der Waals surface area contributed by atoms with Crippen LogP contribution in [0.5, 0.6) is 0 Å². The van der Waals surface area contributed by atoms with E-state index in [0.717, 1.165) is 27.3 Å². The smallest absolute Gasteiger partial charge is 0.279 e. The maximum absolute atomic E-state index is 12.5. The molecular weight excluding hydrogens is 355 g/mol. The number of hydrogen-bond acceptors (Lipinski definition) is 1. The third-order valence-electron chi connectivity index (χ3n) is 4.16. The molecule has 0 aliphatic rings. The van der Waals surface area contributed by atoms with E-state index in [1.165, 1.54) is 0 Å². The van der Waals surface area contributed by atoms with Gasteiger partial charge in [0.25, 0.3) is 5.91 Å². The number of carbonyl (C=O) groups is 1. The lowest BCUT2D eigenvalue weighted by Gasteiger charge is -2.18. The fraction of sp³-hybridized carbons (Fsp3) is 0.350. The number of para-hydroxylation sites is 1. The molecule has 0 saturated carbocycles. The Labute approximate surface area is 159 Å². The van der Waals surface area contributed by atoms with Gasteiger partial charge in [-0.3, -0.25) is 4.79 Å². The summed E-state index contributed by atoms with van der Waals surface area (Å²) < 4.78 is 0. The molecule has 0 radical (unpaired) electrons. The summed E-state index contributed by atoms with van der Waals surface area (Å²) >= 11 is 12.1. The third kappa shape index (κ3) is 5.46. The molecule has 134 valence electrons. The van der Waals surface area contributed by atoms with Crippen LogP contribution in [0.1, 0.15) is 36.5 Å². The standard InChI is InChI=1S/C20H24Cl2N2O/c1-13(2)17-7-5-6-14(3)20(17)23-19(25)12-24(4)11-15-8-9-16(21)10-18(15)22/h5-10,13H,11-12H2,1-4H3,(H,23,25)/p+1. The highest BCUT2D eigenvalue weighted by atomic mass is 35.5. The number of carbonyl (C=O) groups excluding carboxylic acids is 1. The van der Waals surface area contributed by atoms with Crippen molar-refractivity contribution in [3.8, 4) is 0 Å². The molecule has 1 atom stereocenters. The van der Waals surface area contributed by atoms with Gasteiger partial charge in [0, 0.05) is 16.3 Å². The Balaban J connectivity index is 2.03. The van der Waals surface area contributed by atoms with Gasteiger partial charge in [-0.05, 0) is 36.1 Å². The van der Waals surface area contributed by atoms with E-state index in [9.17, 15) is 4.79 Å². The van der Waals surface area contributed by atoms with Crippen LogP contribution in [0.4, 0.5) is 5.69 Å². The van der Waals surface area contributed by atoms with Gasteiger partial charge >= 0.3 is 0 Å². The summed E-state index contributed by atoms with van der Waals surface area (Å²) in [6, 6.07) is 11.6. The molecule has 1 amide bonds. The summed E-state index contributed by atoms with van der Waals surface area (Å²) in [5, 5.41) is 4.34. The average Bonchev–Trinajstić information content (AvgIpc) is 2.51. The van der Waals surface area contributed by atoms with Gasteiger partial charge < -0.3 is 10.2 Å². The minimum absolute atomic E-state index is 0.00112. The first-order chi connectivity index (χ1) is 11.8. The van der Waals surface area contributed by atoms with E-state index in [1.807, 2.05) is 38.2 Å². The van der Waals surface area contributed by atoms with Crippen LogP contribution in [0, 0.1) is 6.92 Å². The van der Waals surface area contributed by atoms with Crippen molar-refractivity contribution >= 4 is 34.8 Å². The van der Waals surface area contributed by atoms with Crippen LogP contribution in [0.15, 0.2) is 36.4 Å². The zero-order chi connectivity index (χ0) is 18.6. The molecule has 0 aromatic heterocycles. The number of hydrogen-bond donors (Lipinski definition) is 2. The van der Waals surface area contributed by atoms with E-state index in [4.69, 9.17) is 23.2 Å². The van der Waals surface area contributed by atoms with Crippen molar-refractivity contribution in [2.75, 3.05) is 18.9 Å². The second-order valence-corrected chi connectivity index (χ2v) is 7.63. The summed E-state index contributed by atoms with van der Waals surface area (Å²) in [5.74, 6) is 0.354. The van der Waals surface area contributed by atoms with Crippen molar-refractivity contribution in [1.29, 1.82) is 0 Å². The molecule has 25 heavy (non-hydrogen) atoms. The van der Waals surface area contributed by atoms with Crippen LogP contribution in [0.3, 0.4) is 0 Å². The Hall–Kier alpha value is -1.55. The van der Waals surface area contributed by atoms with Crippen molar-refractivity contribution in [3.63, 3.8) is 0 Å². The molecule has 1 unspecified atom stereocenters. The lowest BCUT2D eigenvalue weighted by atomic mass is 9.98. The van der Waals surface area contributed by atoms with Gasteiger partial charge in [0.15, 0.2) is 6.54 Å². The quantitative estimate of drug-likeness (QED) is 0.778. The maximum Gasteiger partial charge on any atom is 0.279 e. The number of halogens is 2. The zero-order valence-electron chi connectivity index (χ0n) is 15.1. The van der Waals surface area contributed by atoms with E-state index >= 15 is 0 Å². The highest BCUT2D eigenvalue weighted by molar-refractivity contribution is 6.35. The molecule has 0 bridgehead atoms. The summed E-state index contributed by atoms with van der Waals surface area (Å²) in [5.41, 5.74) is 4.15. The number of nitrogens with one attached hydrogen (secondary N) is 2. The molecule has 0 spiro atoms. The van der Waals surface area contributed by atoms with E-state index < -0.39 is 0 Å². The van der Waals surface area contributed by atoms with E-state index in [1.54, 1.807) is 6.07 Å². The van der Waals surface area contributed by atoms with Crippen LogP contribution in [-0.4, -0.2) is 19.5 Å². The summed E-state index contributed by atoms with van der Waals surface area (Å²) in [4.78, 5) is 13.5. The highest BCUT2D eigenvalue weighted by Gasteiger charge is 2.16. The van der Waals surface area contributed by atoms with Gasteiger partial charge in [-0.15, -0.1) is 0 Å². The number of likely N-dealkylation sites (N-methyl/N-ethyl adjacent to an activating group) is 1. The van der Waals surface area contributed by atoms with Gasteiger partial charge in [-0.2, -0.15) is 0 Å². The van der Waals surface area contributed by atoms with Crippen molar-refractivity contribution in [2.24, 2.45) is 0 Å². The Bertz CT molecular complexity index is 759. The fourth-order valence-corrected chi connectivity index (χ4v) is 3.33. The van der Waals surface area contributed by atoms with Crippen LogP contribution in [0.25, 0.3) is 0 Å². The average molecular weight is 380 g/mol. The van der Waals surface area contributed by atoms with Gasteiger partial charge in [-0.25, -0.2) is 0 Å². The lowest BCUT2D eigenvalue weighted by Crippen LogP contribution is -3.08. The molecule has 0 saturated heterocycles. The molecule has 5 heteroatoms. The highest BCUT2D eigenvalue weighted by Crippen LogP contribution is 2.27. The lowest BCUT2D eigenvalue weighted by molar-refractivity contribution is -0.885. The minimum Gasteiger partial charge on any atom is -0.326 e. The molecule has 3 nitrogen and oxygen atoms in total. The topological polar surface area (TPSA) is 33.5 Å². The predicted octanol–water partition coefficient (Wildman–Crippen LogP) is 4.08. The van der Waals surface area contributed by atoms with E-state index in [0.29, 0.717) is 29.1 Å². The second kappa shape index (κ2) is 8.70. The Morgan fingerprint density at radius 2 is 1.92 bits per heavy atom. The van der Waals surface area contributed by atoms with E-state index in [2.05, 4.69) is 25.2 Å². The largest absolute Gasteiger partial charge is 0.326 e. The fourth-order valence-electron chi connectivity index (χ4n) is 2.85. The van der Waals surface area contributed by atoms with Crippen LogP contribution >= 0.6 is 23.2 Å².